The molecule has 5 aromatic rings. The van der Waals surface area contributed by atoms with Gasteiger partial charge in [-0.3, -0.25) is 4.79 Å². The van der Waals surface area contributed by atoms with E-state index in [1.165, 1.54) is 0 Å². The van der Waals surface area contributed by atoms with Gasteiger partial charge in [0.15, 0.2) is 0 Å². The Kier molecular flexibility index (Phi) is 4.60. The summed E-state index contributed by atoms with van der Waals surface area (Å²) in [5, 5.41) is 12.1. The van der Waals surface area contributed by atoms with Crippen LogP contribution in [0.3, 0.4) is 0 Å². The minimum atomic E-state index is -1.11. The Balaban J connectivity index is 1.87. The number of nitrogens with zero attached hydrogens (tertiary/aromatic N) is 1. The summed E-state index contributed by atoms with van der Waals surface area (Å²) in [6.07, 6.45) is 0. The van der Waals surface area contributed by atoms with E-state index in [-0.39, 0.29) is 11.3 Å². The molecule has 5 nitrogen and oxygen atoms in total. The molecule has 0 unspecified atom stereocenters. The van der Waals surface area contributed by atoms with Crippen molar-refractivity contribution in [3.8, 4) is 11.1 Å². The largest absolute Gasteiger partial charge is 0.477 e. The maximum atomic E-state index is 13.0. The zero-order valence-corrected chi connectivity index (χ0v) is 17.1. The highest BCUT2D eigenvalue weighted by Gasteiger charge is 2.25. The lowest BCUT2D eigenvalue weighted by Crippen LogP contribution is -2.14. The first-order chi connectivity index (χ1) is 15.0. The number of para-hydroxylation sites is 1. The number of fused-ring (bicyclic) bond motifs is 2. The van der Waals surface area contributed by atoms with Crippen LogP contribution in [0.4, 0.5) is 0 Å². The molecular weight excluding hydrogens is 412 g/mol. The first-order valence-electron chi connectivity index (χ1n) is 9.74. The Hall–Kier alpha value is -3.83. The molecule has 0 amide bonds. The number of carbonyl (C=O) groups is 1. The number of aromatic nitrogens is 2. The molecule has 2 heterocycles. The van der Waals surface area contributed by atoms with Crippen LogP contribution >= 0.6 is 11.6 Å². The van der Waals surface area contributed by atoms with E-state index in [0.29, 0.717) is 39.1 Å². The van der Waals surface area contributed by atoms with Gasteiger partial charge < -0.3 is 14.7 Å². The zero-order valence-electron chi connectivity index (χ0n) is 16.3. The number of hydrogen-bond acceptors (Lipinski definition) is 2. The monoisotopic (exact) mass is 428 g/mol. The highest BCUT2D eigenvalue weighted by atomic mass is 35.5. The van der Waals surface area contributed by atoms with Gasteiger partial charge in [-0.15, -0.1) is 0 Å². The third kappa shape index (κ3) is 3.29. The number of benzene rings is 3. The molecule has 0 bridgehead atoms. The minimum Gasteiger partial charge on any atom is -0.477 e. The fraction of sp³-hybridized carbons (Fsp3) is 0.0400. The number of pyridine rings is 1. The Morgan fingerprint density at radius 2 is 1.71 bits per heavy atom. The molecular formula is C25H17ClN2O3. The van der Waals surface area contributed by atoms with Crippen LogP contribution in [0, 0.1) is 0 Å². The molecule has 0 spiro atoms. The number of rotatable bonds is 4. The SMILES string of the molecule is O=C(O)c1c(-c2cc3ccccc3[nH]c2=O)c2cc(Cl)ccc2n1Cc1ccccc1. The third-order valence-electron chi connectivity index (χ3n) is 5.43. The van der Waals surface area contributed by atoms with Gasteiger partial charge in [0.05, 0.1) is 5.56 Å². The number of hydrogen-bond donors (Lipinski definition) is 2. The molecule has 3 aromatic carbocycles. The molecule has 0 saturated carbocycles. The summed E-state index contributed by atoms with van der Waals surface area (Å²) in [4.78, 5) is 28.4. The number of H-pyrrole nitrogens is 1. The molecule has 0 aliphatic rings. The van der Waals surface area contributed by atoms with E-state index in [4.69, 9.17) is 11.6 Å². The molecule has 0 saturated heterocycles. The van der Waals surface area contributed by atoms with Crippen molar-refractivity contribution < 1.29 is 9.90 Å². The summed E-state index contributed by atoms with van der Waals surface area (Å²) in [5.74, 6) is -1.11. The van der Waals surface area contributed by atoms with E-state index in [0.717, 1.165) is 10.9 Å². The topological polar surface area (TPSA) is 75.1 Å². The number of nitrogens with one attached hydrogen (secondary N) is 1. The van der Waals surface area contributed by atoms with Crippen molar-refractivity contribution in [3.05, 3.63) is 105 Å². The third-order valence-corrected chi connectivity index (χ3v) is 5.67. The van der Waals surface area contributed by atoms with Gasteiger partial charge in [-0.25, -0.2) is 4.79 Å². The van der Waals surface area contributed by atoms with Gasteiger partial charge >= 0.3 is 5.97 Å². The second-order valence-corrected chi connectivity index (χ2v) is 7.80. The van der Waals surface area contributed by atoms with Crippen LogP contribution in [0.1, 0.15) is 16.1 Å². The maximum absolute atomic E-state index is 13.0. The van der Waals surface area contributed by atoms with Crippen LogP contribution in [-0.2, 0) is 6.54 Å². The van der Waals surface area contributed by atoms with Crippen molar-refractivity contribution in [1.82, 2.24) is 9.55 Å². The second-order valence-electron chi connectivity index (χ2n) is 7.36. The van der Waals surface area contributed by atoms with Crippen LogP contribution in [-0.4, -0.2) is 20.6 Å². The lowest BCUT2D eigenvalue weighted by atomic mass is 10.0. The Morgan fingerprint density at radius 3 is 2.48 bits per heavy atom. The molecule has 0 aliphatic heterocycles. The molecule has 2 aromatic heterocycles. The van der Waals surface area contributed by atoms with Crippen molar-refractivity contribution in [1.29, 1.82) is 0 Å². The molecule has 0 radical (unpaired) electrons. The van der Waals surface area contributed by atoms with E-state index in [2.05, 4.69) is 4.98 Å². The Morgan fingerprint density at radius 1 is 0.968 bits per heavy atom. The summed E-state index contributed by atoms with van der Waals surface area (Å²) in [7, 11) is 0. The second kappa shape index (κ2) is 7.45. The van der Waals surface area contributed by atoms with E-state index in [9.17, 15) is 14.7 Å². The van der Waals surface area contributed by atoms with E-state index in [1.54, 1.807) is 28.8 Å². The highest BCUT2D eigenvalue weighted by molar-refractivity contribution is 6.31. The van der Waals surface area contributed by atoms with Gasteiger partial charge in [0.1, 0.15) is 5.69 Å². The van der Waals surface area contributed by atoms with Gasteiger partial charge in [-0.05, 0) is 41.3 Å². The molecule has 6 heteroatoms. The van der Waals surface area contributed by atoms with Gasteiger partial charge in [-0.1, -0.05) is 60.1 Å². The van der Waals surface area contributed by atoms with E-state index < -0.39 is 5.97 Å². The summed E-state index contributed by atoms with van der Waals surface area (Å²) in [5.41, 5.74) is 2.73. The smallest absolute Gasteiger partial charge is 0.353 e. The fourth-order valence-electron chi connectivity index (χ4n) is 4.09. The fourth-order valence-corrected chi connectivity index (χ4v) is 4.26. The minimum absolute atomic E-state index is 0.0573. The summed E-state index contributed by atoms with van der Waals surface area (Å²) in [6, 6.07) is 24.0. The van der Waals surface area contributed by atoms with Crippen LogP contribution in [0.15, 0.2) is 83.7 Å². The normalized spacial score (nSPS) is 11.3. The standard InChI is InChI=1S/C25H17ClN2O3/c26-17-10-11-21-18(13-17)22(19-12-16-8-4-5-9-20(16)27-24(19)29)23(25(30)31)28(21)14-15-6-2-1-3-7-15/h1-13H,14H2,(H,27,29)(H,30,31). The van der Waals surface area contributed by atoms with Crippen molar-refractivity contribution in [2.45, 2.75) is 6.54 Å². The molecule has 5 rings (SSSR count). The predicted molar refractivity (Wildman–Crippen MR) is 123 cm³/mol. The van der Waals surface area contributed by atoms with Crippen LogP contribution in [0.5, 0.6) is 0 Å². The van der Waals surface area contributed by atoms with Gasteiger partial charge in [0.25, 0.3) is 5.56 Å². The first-order valence-corrected chi connectivity index (χ1v) is 10.1. The lowest BCUT2D eigenvalue weighted by Gasteiger charge is -2.10. The van der Waals surface area contributed by atoms with Crippen molar-refractivity contribution in [3.63, 3.8) is 0 Å². The van der Waals surface area contributed by atoms with Gasteiger partial charge in [0.2, 0.25) is 0 Å². The van der Waals surface area contributed by atoms with Crippen molar-refractivity contribution >= 4 is 39.4 Å². The molecule has 0 aliphatic carbocycles. The number of carboxylic acids is 1. The molecule has 0 fully saturated rings. The summed E-state index contributed by atoms with van der Waals surface area (Å²) in [6.45, 7) is 0.353. The highest BCUT2D eigenvalue weighted by Crippen LogP contribution is 2.36. The number of halogens is 1. The van der Waals surface area contributed by atoms with Gasteiger partial charge in [0, 0.05) is 33.6 Å². The molecule has 2 N–H and O–H groups in total. The zero-order chi connectivity index (χ0) is 21.5. The lowest BCUT2D eigenvalue weighted by molar-refractivity contribution is 0.0687. The molecule has 152 valence electrons. The number of aromatic amines is 1. The van der Waals surface area contributed by atoms with Crippen LogP contribution < -0.4 is 5.56 Å². The van der Waals surface area contributed by atoms with E-state index >= 15 is 0 Å². The number of aromatic carboxylic acids is 1. The Labute approximate surface area is 182 Å². The van der Waals surface area contributed by atoms with Crippen molar-refractivity contribution in [2.75, 3.05) is 0 Å². The van der Waals surface area contributed by atoms with Crippen LogP contribution in [0.2, 0.25) is 5.02 Å². The van der Waals surface area contributed by atoms with Crippen LogP contribution in [0.25, 0.3) is 32.9 Å². The predicted octanol–water partition coefficient (Wildman–Crippen LogP) is 5.55. The molecule has 0 atom stereocenters. The van der Waals surface area contributed by atoms with Gasteiger partial charge in [-0.2, -0.15) is 0 Å². The number of carboxylic acid groups (broad SMARTS) is 1. The van der Waals surface area contributed by atoms with E-state index in [1.807, 2.05) is 54.6 Å². The maximum Gasteiger partial charge on any atom is 0.353 e. The Bertz CT molecular complexity index is 1520. The van der Waals surface area contributed by atoms with Crippen molar-refractivity contribution in [2.24, 2.45) is 0 Å². The molecule has 31 heavy (non-hydrogen) atoms. The average Bonchev–Trinajstić information content (AvgIpc) is 3.07. The average molecular weight is 429 g/mol. The quantitative estimate of drug-likeness (QED) is 0.394. The summed E-state index contributed by atoms with van der Waals surface area (Å²) < 4.78 is 1.73. The first kappa shape index (κ1) is 19.2. The summed E-state index contributed by atoms with van der Waals surface area (Å²) >= 11 is 6.27.